The van der Waals surface area contributed by atoms with Gasteiger partial charge in [0.25, 0.3) is 0 Å². The molecule has 1 aromatic carbocycles. The van der Waals surface area contributed by atoms with Crippen LogP contribution in [0.4, 0.5) is 5.69 Å². The average Bonchev–Trinajstić information content (AvgIpc) is 2.39. The number of aromatic carboxylic acids is 1. The van der Waals surface area contributed by atoms with E-state index in [4.69, 9.17) is 21.4 Å². The number of carboxylic acid groups (broad SMARTS) is 1. The molecule has 1 amide bonds. The van der Waals surface area contributed by atoms with E-state index in [1.165, 1.54) is 19.2 Å². The summed E-state index contributed by atoms with van der Waals surface area (Å²) >= 11 is 5.96. The minimum Gasteiger partial charge on any atom is -0.496 e. The van der Waals surface area contributed by atoms with Crippen LogP contribution in [0.15, 0.2) is 12.1 Å². The fourth-order valence-electron chi connectivity index (χ4n) is 1.43. The van der Waals surface area contributed by atoms with Gasteiger partial charge in [-0.15, -0.1) is 0 Å². The monoisotopic (exact) mass is 285 g/mol. The van der Waals surface area contributed by atoms with Crippen molar-refractivity contribution in [1.82, 2.24) is 0 Å². The van der Waals surface area contributed by atoms with Crippen LogP contribution in [0.1, 0.15) is 30.6 Å². The van der Waals surface area contributed by atoms with Crippen LogP contribution in [0.3, 0.4) is 0 Å². The van der Waals surface area contributed by atoms with E-state index in [2.05, 4.69) is 5.32 Å². The maximum Gasteiger partial charge on any atom is 0.339 e. The third-order valence-electron chi connectivity index (χ3n) is 2.84. The van der Waals surface area contributed by atoms with Crippen LogP contribution in [-0.2, 0) is 4.79 Å². The van der Waals surface area contributed by atoms with Crippen LogP contribution in [0.5, 0.6) is 5.75 Å². The number of anilines is 1. The van der Waals surface area contributed by atoms with Crippen molar-refractivity contribution >= 4 is 29.2 Å². The van der Waals surface area contributed by atoms with Crippen LogP contribution in [-0.4, -0.2) is 24.1 Å². The fraction of sp³-hybridized carbons (Fsp3) is 0.385. The molecule has 104 valence electrons. The number of rotatable bonds is 5. The predicted molar refractivity (Wildman–Crippen MR) is 73.0 cm³/mol. The molecule has 0 bridgehead atoms. The van der Waals surface area contributed by atoms with Crippen molar-refractivity contribution in [2.45, 2.75) is 20.3 Å². The van der Waals surface area contributed by atoms with E-state index in [0.29, 0.717) is 12.1 Å². The summed E-state index contributed by atoms with van der Waals surface area (Å²) in [4.78, 5) is 22.8. The highest BCUT2D eigenvalue weighted by Gasteiger charge is 2.17. The Morgan fingerprint density at radius 2 is 2.11 bits per heavy atom. The van der Waals surface area contributed by atoms with Crippen molar-refractivity contribution in [1.29, 1.82) is 0 Å². The summed E-state index contributed by atoms with van der Waals surface area (Å²) in [5.41, 5.74) is 0.294. The van der Waals surface area contributed by atoms with Crippen molar-refractivity contribution < 1.29 is 19.4 Å². The molecule has 0 heterocycles. The molecular formula is C13H16ClNO4. The summed E-state index contributed by atoms with van der Waals surface area (Å²) < 4.78 is 4.98. The van der Waals surface area contributed by atoms with Gasteiger partial charge in [0.2, 0.25) is 5.91 Å². The number of amides is 1. The van der Waals surface area contributed by atoms with Crippen molar-refractivity contribution in [3.63, 3.8) is 0 Å². The summed E-state index contributed by atoms with van der Waals surface area (Å²) in [6.45, 7) is 3.70. The van der Waals surface area contributed by atoms with Crippen LogP contribution < -0.4 is 10.1 Å². The molecule has 0 fully saturated rings. The number of benzene rings is 1. The van der Waals surface area contributed by atoms with E-state index in [9.17, 15) is 9.59 Å². The minimum absolute atomic E-state index is 0.0472. The Kier molecular flexibility index (Phi) is 5.18. The molecule has 1 rings (SSSR count). The number of carbonyl (C=O) groups excluding carboxylic acids is 1. The molecule has 5 nitrogen and oxygen atoms in total. The Bertz CT molecular complexity index is 502. The molecule has 0 unspecified atom stereocenters. The van der Waals surface area contributed by atoms with Gasteiger partial charge in [0, 0.05) is 12.0 Å². The maximum absolute atomic E-state index is 11.8. The maximum atomic E-state index is 11.8. The van der Waals surface area contributed by atoms with Gasteiger partial charge in [-0.3, -0.25) is 4.79 Å². The van der Waals surface area contributed by atoms with E-state index >= 15 is 0 Å². The molecule has 1 aromatic rings. The van der Waals surface area contributed by atoms with Gasteiger partial charge in [0.15, 0.2) is 0 Å². The average molecular weight is 286 g/mol. The molecule has 2 N–H and O–H groups in total. The molecule has 0 aliphatic carbocycles. The first-order valence-electron chi connectivity index (χ1n) is 5.82. The van der Waals surface area contributed by atoms with Crippen LogP contribution in [0.2, 0.25) is 5.02 Å². The van der Waals surface area contributed by atoms with Gasteiger partial charge in [0.1, 0.15) is 11.3 Å². The second-order valence-electron chi connectivity index (χ2n) is 4.14. The molecule has 0 aromatic heterocycles. The number of carboxylic acids is 1. The third kappa shape index (κ3) is 3.61. The second kappa shape index (κ2) is 6.43. The highest BCUT2D eigenvalue weighted by molar-refractivity contribution is 6.34. The zero-order valence-electron chi connectivity index (χ0n) is 11.0. The lowest BCUT2D eigenvalue weighted by molar-refractivity contribution is -0.119. The van der Waals surface area contributed by atoms with Crippen LogP contribution in [0, 0.1) is 5.92 Å². The zero-order chi connectivity index (χ0) is 14.6. The number of nitrogens with one attached hydrogen (secondary N) is 1. The van der Waals surface area contributed by atoms with Crippen molar-refractivity contribution in [3.05, 3.63) is 22.7 Å². The highest BCUT2D eigenvalue weighted by Crippen LogP contribution is 2.31. The quantitative estimate of drug-likeness (QED) is 0.872. The first-order chi connectivity index (χ1) is 8.90. The first-order valence-corrected chi connectivity index (χ1v) is 6.20. The Hall–Kier alpha value is -1.75. The zero-order valence-corrected chi connectivity index (χ0v) is 11.7. The van der Waals surface area contributed by atoms with E-state index < -0.39 is 5.97 Å². The summed E-state index contributed by atoms with van der Waals surface area (Å²) in [7, 11) is 1.36. The lowest BCUT2D eigenvalue weighted by Gasteiger charge is -2.13. The van der Waals surface area contributed by atoms with E-state index in [0.717, 1.165) is 0 Å². The Labute approximate surface area is 116 Å². The smallest absolute Gasteiger partial charge is 0.339 e. The van der Waals surface area contributed by atoms with Gasteiger partial charge in [-0.25, -0.2) is 4.79 Å². The first kappa shape index (κ1) is 15.3. The number of hydrogen-bond donors (Lipinski definition) is 2. The summed E-state index contributed by atoms with van der Waals surface area (Å²) in [5.74, 6) is -1.31. The topological polar surface area (TPSA) is 75.6 Å². The number of ether oxygens (including phenoxy) is 1. The van der Waals surface area contributed by atoms with Crippen molar-refractivity contribution in [2.24, 2.45) is 5.92 Å². The molecule has 19 heavy (non-hydrogen) atoms. The summed E-state index contributed by atoms with van der Waals surface area (Å²) in [6.07, 6.45) is 0.702. The third-order valence-corrected chi connectivity index (χ3v) is 3.15. The lowest BCUT2D eigenvalue weighted by Crippen LogP contribution is -2.20. The molecule has 0 radical (unpaired) electrons. The van der Waals surface area contributed by atoms with Gasteiger partial charge in [-0.2, -0.15) is 0 Å². The number of hydrogen-bond acceptors (Lipinski definition) is 3. The Morgan fingerprint density at radius 1 is 1.47 bits per heavy atom. The van der Waals surface area contributed by atoms with Gasteiger partial charge in [-0.1, -0.05) is 25.4 Å². The predicted octanol–water partition coefficient (Wildman–Crippen LogP) is 3.03. The standard InChI is InChI=1S/C13H16ClNO4/c1-4-7(2)12(16)15-10-6-11(19-3)8(13(17)18)5-9(10)14/h5-7H,4H2,1-3H3,(H,15,16)(H,17,18)/t7-/m1/s1. The minimum atomic E-state index is -1.14. The molecule has 0 aliphatic rings. The van der Waals surface area contributed by atoms with Crippen molar-refractivity contribution in [2.75, 3.05) is 12.4 Å². The summed E-state index contributed by atoms with van der Waals surface area (Å²) in [5, 5.41) is 11.8. The molecule has 0 saturated carbocycles. The van der Waals surface area contributed by atoms with Gasteiger partial charge < -0.3 is 15.2 Å². The SMILES string of the molecule is CC[C@@H](C)C(=O)Nc1cc(OC)c(C(=O)O)cc1Cl. The molecule has 0 spiro atoms. The molecular weight excluding hydrogens is 270 g/mol. The molecule has 6 heteroatoms. The molecule has 0 saturated heterocycles. The Balaban J connectivity index is 3.10. The van der Waals surface area contributed by atoms with Gasteiger partial charge >= 0.3 is 5.97 Å². The number of methoxy groups -OCH3 is 1. The van der Waals surface area contributed by atoms with E-state index in [1.54, 1.807) is 6.92 Å². The lowest BCUT2D eigenvalue weighted by atomic mass is 10.1. The second-order valence-corrected chi connectivity index (χ2v) is 4.54. The van der Waals surface area contributed by atoms with Gasteiger partial charge in [-0.05, 0) is 12.5 Å². The van der Waals surface area contributed by atoms with E-state index in [1.807, 2.05) is 6.92 Å². The van der Waals surface area contributed by atoms with Crippen molar-refractivity contribution in [3.8, 4) is 5.75 Å². The van der Waals surface area contributed by atoms with Crippen LogP contribution in [0.25, 0.3) is 0 Å². The number of carbonyl (C=O) groups is 2. The van der Waals surface area contributed by atoms with Gasteiger partial charge in [0.05, 0.1) is 17.8 Å². The highest BCUT2D eigenvalue weighted by atomic mass is 35.5. The Morgan fingerprint density at radius 3 is 2.58 bits per heavy atom. The molecule has 0 aliphatic heterocycles. The largest absolute Gasteiger partial charge is 0.496 e. The molecule has 1 atom stereocenters. The number of halogens is 1. The van der Waals surface area contributed by atoms with E-state index in [-0.39, 0.29) is 28.2 Å². The summed E-state index contributed by atoms with van der Waals surface area (Å²) in [6, 6.07) is 2.67. The fourth-order valence-corrected chi connectivity index (χ4v) is 1.64. The normalized spacial score (nSPS) is 11.8. The van der Waals surface area contributed by atoms with Crippen LogP contribution >= 0.6 is 11.6 Å².